The Labute approximate surface area is 109 Å². The highest BCUT2D eigenvalue weighted by Crippen LogP contribution is 2.36. The summed E-state index contributed by atoms with van der Waals surface area (Å²) in [6.45, 7) is 2.04. The first-order chi connectivity index (χ1) is 8.74. The van der Waals surface area contributed by atoms with Crippen molar-refractivity contribution in [1.29, 1.82) is 0 Å². The smallest absolute Gasteiger partial charge is 0.169 e. The number of hydrogen-bond donors (Lipinski definition) is 0. The molecule has 0 unspecified atom stereocenters. The number of rotatable bonds is 2. The Hall–Kier alpha value is -1.74. The zero-order valence-electron chi connectivity index (χ0n) is 9.81. The molecule has 0 bridgehead atoms. The second-order valence-electron chi connectivity index (χ2n) is 4.07. The molecule has 18 heavy (non-hydrogen) atoms. The van der Waals surface area contributed by atoms with E-state index in [9.17, 15) is 4.39 Å². The standard InChI is InChI=1S/C15H11FOS/c1-10-13-4-2-3-5-14(13)17-15(10)18-12-8-6-11(16)7-9-12/h2-9H,1H3. The monoisotopic (exact) mass is 258 g/mol. The van der Waals surface area contributed by atoms with Crippen LogP contribution in [0.3, 0.4) is 0 Å². The van der Waals surface area contributed by atoms with Gasteiger partial charge in [0.25, 0.3) is 0 Å². The van der Waals surface area contributed by atoms with Gasteiger partial charge in [0.05, 0.1) is 0 Å². The minimum atomic E-state index is -0.222. The quantitative estimate of drug-likeness (QED) is 0.639. The molecular weight excluding hydrogens is 247 g/mol. The van der Waals surface area contributed by atoms with Gasteiger partial charge in [-0.3, -0.25) is 0 Å². The second kappa shape index (κ2) is 4.50. The third kappa shape index (κ3) is 2.02. The van der Waals surface area contributed by atoms with Crippen molar-refractivity contribution in [3.8, 4) is 0 Å². The van der Waals surface area contributed by atoms with E-state index in [1.54, 1.807) is 12.1 Å². The number of furan rings is 1. The molecule has 0 aliphatic carbocycles. The van der Waals surface area contributed by atoms with Gasteiger partial charge in [-0.15, -0.1) is 0 Å². The van der Waals surface area contributed by atoms with E-state index in [1.165, 1.54) is 23.9 Å². The number of benzene rings is 2. The van der Waals surface area contributed by atoms with E-state index in [2.05, 4.69) is 0 Å². The molecule has 0 saturated heterocycles. The maximum absolute atomic E-state index is 12.8. The predicted octanol–water partition coefficient (Wildman–Crippen LogP) is 5.03. The molecule has 0 amide bonds. The van der Waals surface area contributed by atoms with Gasteiger partial charge in [0.15, 0.2) is 5.09 Å². The van der Waals surface area contributed by atoms with E-state index in [0.717, 1.165) is 26.5 Å². The normalized spacial score (nSPS) is 11.0. The van der Waals surface area contributed by atoms with Gasteiger partial charge in [-0.1, -0.05) is 30.0 Å². The molecule has 3 heteroatoms. The highest BCUT2D eigenvalue weighted by molar-refractivity contribution is 7.99. The van der Waals surface area contributed by atoms with Crippen LogP contribution in [-0.4, -0.2) is 0 Å². The second-order valence-corrected chi connectivity index (χ2v) is 5.11. The molecule has 0 aliphatic heterocycles. The van der Waals surface area contributed by atoms with Crippen LogP contribution < -0.4 is 0 Å². The molecule has 0 saturated carbocycles. The fourth-order valence-corrected chi connectivity index (χ4v) is 2.74. The SMILES string of the molecule is Cc1c(Sc2ccc(F)cc2)oc2ccccc12. The van der Waals surface area contributed by atoms with Crippen molar-refractivity contribution in [1.82, 2.24) is 0 Å². The lowest BCUT2D eigenvalue weighted by atomic mass is 10.2. The Morgan fingerprint density at radius 3 is 2.44 bits per heavy atom. The van der Waals surface area contributed by atoms with E-state index in [0.29, 0.717) is 0 Å². The van der Waals surface area contributed by atoms with Crippen LogP contribution in [-0.2, 0) is 0 Å². The van der Waals surface area contributed by atoms with Crippen LogP contribution in [0.1, 0.15) is 5.56 Å². The van der Waals surface area contributed by atoms with Crippen LogP contribution in [0.5, 0.6) is 0 Å². The molecule has 1 nitrogen and oxygen atoms in total. The number of aryl methyl sites for hydroxylation is 1. The van der Waals surface area contributed by atoms with Crippen molar-refractivity contribution >= 4 is 22.7 Å². The zero-order chi connectivity index (χ0) is 12.5. The molecule has 3 aromatic rings. The highest BCUT2D eigenvalue weighted by atomic mass is 32.2. The predicted molar refractivity (Wildman–Crippen MR) is 71.5 cm³/mol. The van der Waals surface area contributed by atoms with Gasteiger partial charge in [-0.2, -0.15) is 0 Å². The van der Waals surface area contributed by atoms with Crippen molar-refractivity contribution < 1.29 is 8.81 Å². The summed E-state index contributed by atoms with van der Waals surface area (Å²) in [5, 5.41) is 1.99. The van der Waals surface area contributed by atoms with Crippen molar-refractivity contribution in [3.63, 3.8) is 0 Å². The molecule has 0 spiro atoms. The fraction of sp³-hybridized carbons (Fsp3) is 0.0667. The maximum Gasteiger partial charge on any atom is 0.169 e. The van der Waals surface area contributed by atoms with Crippen LogP contribution in [0.2, 0.25) is 0 Å². The minimum Gasteiger partial charge on any atom is -0.449 e. The van der Waals surface area contributed by atoms with Crippen molar-refractivity contribution in [2.24, 2.45) is 0 Å². The molecule has 90 valence electrons. The first kappa shape index (κ1) is 11.4. The van der Waals surface area contributed by atoms with Crippen molar-refractivity contribution in [2.75, 3.05) is 0 Å². The number of para-hydroxylation sites is 1. The Morgan fingerprint density at radius 2 is 1.72 bits per heavy atom. The van der Waals surface area contributed by atoms with Crippen LogP contribution in [0.25, 0.3) is 11.0 Å². The molecule has 0 aliphatic rings. The van der Waals surface area contributed by atoms with Crippen molar-refractivity contribution in [3.05, 3.63) is 59.9 Å². The first-order valence-electron chi connectivity index (χ1n) is 5.65. The summed E-state index contributed by atoms with van der Waals surface area (Å²) in [5.74, 6) is -0.222. The lowest BCUT2D eigenvalue weighted by Gasteiger charge is -1.98. The van der Waals surface area contributed by atoms with Crippen LogP contribution in [0, 0.1) is 12.7 Å². The molecule has 0 fully saturated rings. The van der Waals surface area contributed by atoms with Gasteiger partial charge in [0.1, 0.15) is 11.4 Å². The molecule has 1 aromatic heterocycles. The minimum absolute atomic E-state index is 0.222. The number of fused-ring (bicyclic) bond motifs is 1. The summed E-state index contributed by atoms with van der Waals surface area (Å²) in [6, 6.07) is 14.4. The number of halogens is 1. The lowest BCUT2D eigenvalue weighted by molar-refractivity contribution is 0.510. The van der Waals surface area contributed by atoms with Gasteiger partial charge in [0, 0.05) is 15.8 Å². The van der Waals surface area contributed by atoms with Gasteiger partial charge >= 0.3 is 0 Å². The fourth-order valence-electron chi connectivity index (χ4n) is 1.86. The Morgan fingerprint density at radius 1 is 1.00 bits per heavy atom. The average Bonchev–Trinajstić information content (AvgIpc) is 2.70. The molecular formula is C15H11FOS. The number of hydrogen-bond acceptors (Lipinski definition) is 2. The van der Waals surface area contributed by atoms with Crippen LogP contribution in [0.4, 0.5) is 4.39 Å². The summed E-state index contributed by atoms with van der Waals surface area (Å²) < 4.78 is 18.6. The molecule has 1 heterocycles. The van der Waals surface area contributed by atoms with Gasteiger partial charge in [-0.05, 0) is 37.3 Å². The Balaban J connectivity index is 1.99. The van der Waals surface area contributed by atoms with Crippen LogP contribution in [0.15, 0.2) is 62.9 Å². The molecule has 0 atom stereocenters. The highest BCUT2D eigenvalue weighted by Gasteiger charge is 2.11. The summed E-state index contributed by atoms with van der Waals surface area (Å²) in [4.78, 5) is 0.971. The summed E-state index contributed by atoms with van der Waals surface area (Å²) in [7, 11) is 0. The van der Waals surface area contributed by atoms with Gasteiger partial charge < -0.3 is 4.42 Å². The maximum atomic E-state index is 12.8. The molecule has 3 rings (SSSR count). The largest absolute Gasteiger partial charge is 0.449 e. The lowest BCUT2D eigenvalue weighted by Crippen LogP contribution is -1.75. The zero-order valence-corrected chi connectivity index (χ0v) is 10.6. The van der Waals surface area contributed by atoms with E-state index in [4.69, 9.17) is 4.42 Å². The van der Waals surface area contributed by atoms with Crippen molar-refractivity contribution in [2.45, 2.75) is 16.9 Å². The summed E-state index contributed by atoms with van der Waals surface area (Å²) in [5.41, 5.74) is 2.01. The Bertz CT molecular complexity index is 685. The van der Waals surface area contributed by atoms with E-state index in [-0.39, 0.29) is 5.82 Å². The average molecular weight is 258 g/mol. The van der Waals surface area contributed by atoms with E-state index < -0.39 is 0 Å². The van der Waals surface area contributed by atoms with Crippen LogP contribution >= 0.6 is 11.8 Å². The molecule has 0 radical (unpaired) electrons. The van der Waals surface area contributed by atoms with E-state index in [1.807, 2.05) is 31.2 Å². The molecule has 0 N–H and O–H groups in total. The third-order valence-corrected chi connectivity index (χ3v) is 3.91. The summed E-state index contributed by atoms with van der Waals surface area (Å²) >= 11 is 1.52. The summed E-state index contributed by atoms with van der Waals surface area (Å²) in [6.07, 6.45) is 0. The Kier molecular flexibility index (Phi) is 2.84. The van der Waals surface area contributed by atoms with Gasteiger partial charge in [0.2, 0.25) is 0 Å². The first-order valence-corrected chi connectivity index (χ1v) is 6.47. The van der Waals surface area contributed by atoms with Gasteiger partial charge in [-0.25, -0.2) is 4.39 Å². The molecule has 2 aromatic carbocycles. The topological polar surface area (TPSA) is 13.1 Å². The van der Waals surface area contributed by atoms with E-state index >= 15 is 0 Å². The third-order valence-electron chi connectivity index (χ3n) is 2.82.